The molecule has 0 atom stereocenters. The molecular formula is C26H34N4O3S2. The van der Waals surface area contributed by atoms with Crippen LogP contribution in [0, 0.1) is 12.8 Å². The molecule has 1 saturated heterocycles. The van der Waals surface area contributed by atoms with E-state index >= 15 is 0 Å². The SMILES string of the molecule is Cc1cccc2sc(N(CCCN(C)C)C(=O)c3ccc(S(=O)(=O)N4CCC(C)CC4)cc3)nc12. The van der Waals surface area contributed by atoms with Crippen molar-refractivity contribution in [3.8, 4) is 0 Å². The molecule has 9 heteroatoms. The van der Waals surface area contributed by atoms with Crippen molar-refractivity contribution < 1.29 is 13.2 Å². The molecule has 1 aliphatic rings. The van der Waals surface area contributed by atoms with Crippen molar-refractivity contribution in [1.82, 2.24) is 14.2 Å². The van der Waals surface area contributed by atoms with E-state index in [-0.39, 0.29) is 10.8 Å². The van der Waals surface area contributed by atoms with Gasteiger partial charge in [0.1, 0.15) is 0 Å². The van der Waals surface area contributed by atoms with Gasteiger partial charge in [0.05, 0.1) is 15.1 Å². The van der Waals surface area contributed by atoms with Crippen LogP contribution in [0.5, 0.6) is 0 Å². The molecule has 0 N–H and O–H groups in total. The summed E-state index contributed by atoms with van der Waals surface area (Å²) in [6.07, 6.45) is 2.55. The number of rotatable bonds is 8. The predicted octanol–water partition coefficient (Wildman–Crippen LogP) is 4.62. The monoisotopic (exact) mass is 514 g/mol. The first-order valence-corrected chi connectivity index (χ1v) is 14.4. The van der Waals surface area contributed by atoms with Gasteiger partial charge in [-0.3, -0.25) is 9.69 Å². The minimum absolute atomic E-state index is 0.170. The second-order valence-corrected chi connectivity index (χ2v) is 12.6. The smallest absolute Gasteiger partial charge is 0.260 e. The third-order valence-electron chi connectivity index (χ3n) is 6.55. The highest BCUT2D eigenvalue weighted by Gasteiger charge is 2.28. The number of carbonyl (C=O) groups is 1. The third kappa shape index (κ3) is 5.74. The molecule has 4 rings (SSSR count). The Labute approximate surface area is 212 Å². The lowest BCUT2D eigenvalue weighted by molar-refractivity contribution is 0.0986. The molecule has 0 spiro atoms. The molecule has 1 aromatic heterocycles. The van der Waals surface area contributed by atoms with Crippen LogP contribution < -0.4 is 4.90 Å². The Morgan fingerprint density at radius 1 is 1.09 bits per heavy atom. The quantitative estimate of drug-likeness (QED) is 0.438. The number of benzene rings is 2. The van der Waals surface area contributed by atoms with Crippen molar-refractivity contribution in [2.24, 2.45) is 5.92 Å². The van der Waals surface area contributed by atoms with Gasteiger partial charge in [-0.1, -0.05) is 30.4 Å². The highest BCUT2D eigenvalue weighted by atomic mass is 32.2. The van der Waals surface area contributed by atoms with Crippen LogP contribution in [0.4, 0.5) is 5.13 Å². The highest BCUT2D eigenvalue weighted by Crippen LogP contribution is 2.32. The summed E-state index contributed by atoms with van der Waals surface area (Å²) in [4.78, 5) is 22.4. The molecule has 0 bridgehead atoms. The molecule has 0 aliphatic carbocycles. The number of thiazole rings is 1. The van der Waals surface area contributed by atoms with E-state index in [1.807, 2.05) is 39.2 Å². The van der Waals surface area contributed by atoms with E-state index in [0.29, 0.717) is 36.2 Å². The number of hydrogen-bond donors (Lipinski definition) is 0. The Bertz CT molecular complexity index is 1280. The third-order valence-corrected chi connectivity index (χ3v) is 9.51. The molecule has 0 saturated carbocycles. The summed E-state index contributed by atoms with van der Waals surface area (Å²) < 4.78 is 28.8. The largest absolute Gasteiger partial charge is 0.309 e. The molecular weight excluding hydrogens is 480 g/mol. The minimum atomic E-state index is -3.55. The Hall–Kier alpha value is -2.33. The zero-order valence-electron chi connectivity index (χ0n) is 20.9. The van der Waals surface area contributed by atoms with Crippen molar-refractivity contribution in [2.75, 3.05) is 45.2 Å². The van der Waals surface area contributed by atoms with Crippen LogP contribution in [0.2, 0.25) is 0 Å². The predicted molar refractivity (Wildman–Crippen MR) is 143 cm³/mol. The van der Waals surface area contributed by atoms with Gasteiger partial charge in [-0.15, -0.1) is 0 Å². The molecule has 7 nitrogen and oxygen atoms in total. The molecule has 1 amide bonds. The van der Waals surface area contributed by atoms with Crippen molar-refractivity contribution in [3.05, 3.63) is 53.6 Å². The number of aromatic nitrogens is 1. The Morgan fingerprint density at radius 3 is 2.40 bits per heavy atom. The van der Waals surface area contributed by atoms with Crippen molar-refractivity contribution >= 4 is 42.6 Å². The number of para-hydroxylation sites is 1. The Morgan fingerprint density at radius 2 is 1.77 bits per heavy atom. The number of carbonyl (C=O) groups excluding carboxylic acids is 1. The molecule has 1 fully saturated rings. The van der Waals surface area contributed by atoms with E-state index in [2.05, 4.69) is 11.8 Å². The first kappa shape index (κ1) is 25.8. The number of piperidine rings is 1. The van der Waals surface area contributed by atoms with Crippen LogP contribution in [0.1, 0.15) is 42.1 Å². The normalized spacial score (nSPS) is 15.7. The van der Waals surface area contributed by atoms with Crippen LogP contribution in [0.15, 0.2) is 47.4 Å². The maximum Gasteiger partial charge on any atom is 0.260 e. The summed E-state index contributed by atoms with van der Waals surface area (Å²) in [5.41, 5.74) is 2.44. The van der Waals surface area contributed by atoms with Gasteiger partial charge in [0, 0.05) is 25.2 Å². The van der Waals surface area contributed by atoms with E-state index < -0.39 is 10.0 Å². The van der Waals surface area contributed by atoms with Crippen LogP contribution in [0.25, 0.3) is 10.2 Å². The second-order valence-electron chi connectivity index (χ2n) is 9.64. The average Bonchev–Trinajstić information content (AvgIpc) is 3.27. The number of amides is 1. The number of anilines is 1. The minimum Gasteiger partial charge on any atom is -0.309 e. The molecule has 2 heterocycles. The standard InChI is InChI=1S/C26H34N4O3S2/c1-19-13-17-29(18-14-19)35(32,33)22-11-9-21(10-12-22)25(31)30(16-6-15-28(3)4)26-27-24-20(2)7-5-8-23(24)34-26/h5,7-12,19H,6,13-18H2,1-4H3. The first-order chi connectivity index (χ1) is 16.7. The van der Waals surface area contributed by atoms with Gasteiger partial charge in [0.15, 0.2) is 5.13 Å². The van der Waals surface area contributed by atoms with Gasteiger partial charge >= 0.3 is 0 Å². The fraction of sp³-hybridized carbons (Fsp3) is 0.462. The van der Waals surface area contributed by atoms with E-state index in [9.17, 15) is 13.2 Å². The number of hydrogen-bond acceptors (Lipinski definition) is 6. The highest BCUT2D eigenvalue weighted by molar-refractivity contribution is 7.89. The molecule has 188 valence electrons. The number of aryl methyl sites for hydroxylation is 1. The van der Waals surface area contributed by atoms with Gasteiger partial charge in [-0.25, -0.2) is 13.4 Å². The van der Waals surface area contributed by atoms with Crippen LogP contribution >= 0.6 is 11.3 Å². The summed E-state index contributed by atoms with van der Waals surface area (Å²) in [6, 6.07) is 12.4. The van der Waals surface area contributed by atoms with E-state index in [4.69, 9.17) is 4.98 Å². The fourth-order valence-corrected chi connectivity index (χ4v) is 6.86. The van der Waals surface area contributed by atoms with Crippen LogP contribution in [0.3, 0.4) is 0 Å². The average molecular weight is 515 g/mol. The molecule has 1 aliphatic heterocycles. The second kappa shape index (κ2) is 10.7. The van der Waals surface area contributed by atoms with E-state index in [1.165, 1.54) is 11.3 Å². The summed E-state index contributed by atoms with van der Waals surface area (Å²) in [6.45, 7) is 6.64. The molecule has 2 aromatic carbocycles. The number of nitrogens with zero attached hydrogens (tertiary/aromatic N) is 4. The molecule has 0 radical (unpaired) electrons. The molecule has 0 unspecified atom stereocenters. The summed E-state index contributed by atoms with van der Waals surface area (Å²) in [7, 11) is 0.465. The summed E-state index contributed by atoms with van der Waals surface area (Å²) >= 11 is 1.51. The zero-order chi connectivity index (χ0) is 25.2. The maximum atomic E-state index is 13.6. The van der Waals surface area contributed by atoms with Gasteiger partial charge in [0.2, 0.25) is 10.0 Å². The van der Waals surface area contributed by atoms with Gasteiger partial charge < -0.3 is 4.90 Å². The lowest BCUT2D eigenvalue weighted by atomic mass is 10.0. The van der Waals surface area contributed by atoms with Crippen molar-refractivity contribution in [3.63, 3.8) is 0 Å². The Kier molecular flexibility index (Phi) is 7.90. The van der Waals surface area contributed by atoms with Crippen molar-refractivity contribution in [1.29, 1.82) is 0 Å². The topological polar surface area (TPSA) is 73.8 Å². The van der Waals surface area contributed by atoms with E-state index in [0.717, 1.165) is 41.6 Å². The van der Waals surface area contributed by atoms with Crippen molar-refractivity contribution in [2.45, 2.75) is 38.0 Å². The van der Waals surface area contributed by atoms with E-state index in [1.54, 1.807) is 33.5 Å². The first-order valence-electron chi connectivity index (χ1n) is 12.1. The maximum absolute atomic E-state index is 13.6. The summed E-state index contributed by atoms with van der Waals surface area (Å²) in [5, 5.41) is 0.664. The lowest BCUT2D eigenvalue weighted by Crippen LogP contribution is -2.38. The van der Waals surface area contributed by atoms with Crippen LogP contribution in [-0.2, 0) is 10.0 Å². The molecule has 3 aromatic rings. The Balaban J connectivity index is 1.59. The summed E-state index contributed by atoms with van der Waals surface area (Å²) in [5.74, 6) is 0.377. The van der Waals surface area contributed by atoms with Gasteiger partial charge in [-0.2, -0.15) is 4.31 Å². The van der Waals surface area contributed by atoms with Gasteiger partial charge in [-0.05, 0) is 88.6 Å². The molecule has 35 heavy (non-hydrogen) atoms. The fourth-order valence-electron chi connectivity index (χ4n) is 4.32. The van der Waals surface area contributed by atoms with Gasteiger partial charge in [0.25, 0.3) is 5.91 Å². The van der Waals surface area contributed by atoms with Crippen LogP contribution in [-0.4, -0.2) is 68.8 Å². The number of fused-ring (bicyclic) bond motifs is 1. The lowest BCUT2D eigenvalue weighted by Gasteiger charge is -2.29. The zero-order valence-corrected chi connectivity index (χ0v) is 22.5. The number of sulfonamides is 1.